The molecular weight excluding hydrogens is 313 g/mol. The first-order valence-corrected chi connectivity index (χ1v) is 6.15. The van der Waals surface area contributed by atoms with Crippen molar-refractivity contribution in [2.24, 2.45) is 5.92 Å². The van der Waals surface area contributed by atoms with Crippen LogP contribution >= 0.6 is 15.9 Å². The monoisotopic (exact) mass is 322 g/mol. The van der Waals surface area contributed by atoms with Gasteiger partial charge in [-0.25, -0.2) is 4.98 Å². The van der Waals surface area contributed by atoms with Gasteiger partial charge in [-0.05, 0) is 34.5 Å². The van der Waals surface area contributed by atoms with Gasteiger partial charge in [-0.2, -0.15) is 13.2 Å². The highest BCUT2D eigenvalue weighted by Crippen LogP contribution is 2.33. The minimum atomic E-state index is -4.23. The third kappa shape index (κ3) is 2.82. The summed E-state index contributed by atoms with van der Waals surface area (Å²) < 4.78 is 38.2. The lowest BCUT2D eigenvalue weighted by Gasteiger charge is -2.17. The Balaban J connectivity index is 2.06. The Hall–Kier alpha value is -1.11. The lowest BCUT2D eigenvalue weighted by Crippen LogP contribution is -2.32. The number of likely N-dealkylation sites (tertiary alicyclic amines) is 1. The van der Waals surface area contributed by atoms with Crippen LogP contribution < -0.4 is 0 Å². The molecule has 0 radical (unpaired) electrons. The summed E-state index contributed by atoms with van der Waals surface area (Å²) >= 11 is 3.18. The second kappa shape index (κ2) is 4.87. The molecule has 0 aromatic carbocycles. The van der Waals surface area contributed by atoms with Gasteiger partial charge in [0.05, 0.1) is 5.92 Å². The van der Waals surface area contributed by atoms with Crippen LogP contribution in [0.3, 0.4) is 0 Å². The van der Waals surface area contributed by atoms with Gasteiger partial charge in [-0.3, -0.25) is 4.79 Å². The van der Waals surface area contributed by atoms with E-state index in [1.165, 1.54) is 17.2 Å². The van der Waals surface area contributed by atoms with Crippen LogP contribution in [0.4, 0.5) is 13.2 Å². The molecule has 0 spiro atoms. The van der Waals surface area contributed by atoms with Gasteiger partial charge in [0.1, 0.15) is 5.69 Å². The summed E-state index contributed by atoms with van der Waals surface area (Å²) in [4.78, 5) is 17.0. The number of carbonyl (C=O) groups is 1. The molecule has 1 aliphatic rings. The fraction of sp³-hybridized carbons (Fsp3) is 0.455. The topological polar surface area (TPSA) is 33.2 Å². The maximum atomic E-state index is 12.5. The van der Waals surface area contributed by atoms with Crippen LogP contribution in [-0.4, -0.2) is 35.1 Å². The summed E-state index contributed by atoms with van der Waals surface area (Å²) in [5.41, 5.74) is 0.168. The molecule has 1 atom stereocenters. The first kappa shape index (κ1) is 13.3. The summed E-state index contributed by atoms with van der Waals surface area (Å²) in [6.45, 7) is -0.152. The average molecular weight is 323 g/mol. The molecule has 7 heteroatoms. The first-order valence-electron chi connectivity index (χ1n) is 5.35. The molecule has 0 bridgehead atoms. The van der Waals surface area contributed by atoms with Crippen molar-refractivity contribution < 1.29 is 18.0 Å². The van der Waals surface area contributed by atoms with Crippen molar-refractivity contribution in [2.45, 2.75) is 12.6 Å². The van der Waals surface area contributed by atoms with Crippen molar-refractivity contribution in [1.29, 1.82) is 0 Å². The molecule has 1 fully saturated rings. The Morgan fingerprint density at radius 1 is 1.44 bits per heavy atom. The smallest absolute Gasteiger partial charge is 0.337 e. The van der Waals surface area contributed by atoms with Crippen molar-refractivity contribution in [3.8, 4) is 0 Å². The van der Waals surface area contributed by atoms with Crippen molar-refractivity contribution in [3.05, 3.63) is 28.5 Å². The van der Waals surface area contributed by atoms with Crippen molar-refractivity contribution in [2.75, 3.05) is 13.1 Å². The normalized spacial score (nSPS) is 20.2. The zero-order valence-electron chi connectivity index (χ0n) is 9.25. The number of nitrogens with zero attached hydrogens (tertiary/aromatic N) is 2. The van der Waals surface area contributed by atoms with E-state index in [-0.39, 0.29) is 25.2 Å². The summed E-state index contributed by atoms with van der Waals surface area (Å²) in [5, 5.41) is 0. The minimum absolute atomic E-state index is 0.0359. The van der Waals surface area contributed by atoms with Crippen LogP contribution in [0.25, 0.3) is 0 Å². The molecule has 0 saturated carbocycles. The van der Waals surface area contributed by atoms with Gasteiger partial charge >= 0.3 is 6.18 Å². The molecule has 1 aromatic rings. The molecule has 0 N–H and O–H groups in total. The fourth-order valence-corrected chi connectivity index (χ4v) is 2.11. The number of alkyl halides is 3. The second-order valence-corrected chi connectivity index (χ2v) is 5.06. The molecular formula is C11H10BrF3N2O. The van der Waals surface area contributed by atoms with Gasteiger partial charge in [0.2, 0.25) is 0 Å². The van der Waals surface area contributed by atoms with Gasteiger partial charge in [-0.1, -0.05) is 0 Å². The maximum Gasteiger partial charge on any atom is 0.393 e. The van der Waals surface area contributed by atoms with E-state index in [0.29, 0.717) is 4.47 Å². The molecule has 1 amide bonds. The molecule has 1 unspecified atom stereocenters. The molecule has 2 rings (SSSR count). The summed E-state index contributed by atoms with van der Waals surface area (Å²) in [6.07, 6.45) is -2.82. The van der Waals surface area contributed by atoms with Crippen molar-refractivity contribution in [1.82, 2.24) is 9.88 Å². The van der Waals surface area contributed by atoms with Crippen LogP contribution in [0.5, 0.6) is 0 Å². The van der Waals surface area contributed by atoms with Gasteiger partial charge in [0.25, 0.3) is 5.91 Å². The maximum absolute atomic E-state index is 12.5. The van der Waals surface area contributed by atoms with Crippen molar-refractivity contribution in [3.63, 3.8) is 0 Å². The Morgan fingerprint density at radius 3 is 2.67 bits per heavy atom. The standard InChI is InChI=1S/C11H10BrF3N2O/c12-8-1-2-9(16-5-8)10(18)17-4-3-7(6-17)11(13,14)15/h1-2,5,7H,3-4,6H2. The van der Waals surface area contributed by atoms with Crippen molar-refractivity contribution >= 4 is 21.8 Å². The molecule has 2 heterocycles. The van der Waals surface area contributed by atoms with Crippen LogP contribution in [0.15, 0.2) is 22.8 Å². The van der Waals surface area contributed by atoms with Crippen LogP contribution in [0.2, 0.25) is 0 Å². The molecule has 1 saturated heterocycles. The molecule has 0 aliphatic carbocycles. The van der Waals surface area contributed by atoms with Gasteiger partial charge in [0, 0.05) is 23.8 Å². The summed E-state index contributed by atoms with van der Waals surface area (Å²) in [7, 11) is 0. The lowest BCUT2D eigenvalue weighted by molar-refractivity contribution is -0.169. The summed E-state index contributed by atoms with van der Waals surface area (Å²) in [5.74, 6) is -1.87. The third-order valence-electron chi connectivity index (χ3n) is 2.88. The zero-order valence-corrected chi connectivity index (χ0v) is 10.8. The molecule has 18 heavy (non-hydrogen) atoms. The van der Waals surface area contributed by atoms with E-state index in [1.54, 1.807) is 6.07 Å². The van der Waals surface area contributed by atoms with E-state index in [2.05, 4.69) is 20.9 Å². The number of carbonyl (C=O) groups excluding carboxylic acids is 1. The SMILES string of the molecule is O=C(c1ccc(Br)cn1)N1CCC(C(F)(F)F)C1. The number of hydrogen-bond donors (Lipinski definition) is 0. The van der Waals surface area contributed by atoms with E-state index in [9.17, 15) is 18.0 Å². The number of rotatable bonds is 1. The van der Waals surface area contributed by atoms with Gasteiger partial charge < -0.3 is 4.90 Å². The Morgan fingerprint density at radius 2 is 2.17 bits per heavy atom. The largest absolute Gasteiger partial charge is 0.393 e. The van der Waals surface area contributed by atoms with Crippen LogP contribution in [0, 0.1) is 5.92 Å². The zero-order chi connectivity index (χ0) is 13.3. The first-order chi connectivity index (χ1) is 8.38. The fourth-order valence-electron chi connectivity index (χ4n) is 1.88. The molecule has 1 aliphatic heterocycles. The Kier molecular flexibility index (Phi) is 3.61. The number of amides is 1. The van der Waals surface area contributed by atoms with Gasteiger partial charge in [-0.15, -0.1) is 0 Å². The van der Waals surface area contributed by atoms with Crippen LogP contribution in [0.1, 0.15) is 16.9 Å². The highest BCUT2D eigenvalue weighted by molar-refractivity contribution is 9.10. The van der Waals surface area contributed by atoms with E-state index >= 15 is 0 Å². The van der Waals surface area contributed by atoms with E-state index in [1.807, 2.05) is 0 Å². The number of hydrogen-bond acceptors (Lipinski definition) is 2. The molecule has 1 aromatic heterocycles. The summed E-state index contributed by atoms with van der Waals surface area (Å²) in [6, 6.07) is 3.13. The van der Waals surface area contributed by atoms with Crippen LogP contribution in [-0.2, 0) is 0 Å². The van der Waals surface area contributed by atoms with E-state index < -0.39 is 18.0 Å². The predicted octanol–water partition coefficient (Wildman–Crippen LogP) is 2.87. The Labute approximate surface area is 110 Å². The molecule has 98 valence electrons. The quantitative estimate of drug-likeness (QED) is 0.796. The highest BCUT2D eigenvalue weighted by Gasteiger charge is 2.44. The number of pyridine rings is 1. The number of halogens is 4. The third-order valence-corrected chi connectivity index (χ3v) is 3.35. The number of aromatic nitrogens is 1. The molecule has 3 nitrogen and oxygen atoms in total. The average Bonchev–Trinajstić information content (AvgIpc) is 2.78. The van der Waals surface area contributed by atoms with Gasteiger partial charge in [0.15, 0.2) is 0 Å². The lowest BCUT2D eigenvalue weighted by atomic mass is 10.1. The van der Waals surface area contributed by atoms with E-state index in [4.69, 9.17) is 0 Å². The highest BCUT2D eigenvalue weighted by atomic mass is 79.9. The Bertz CT molecular complexity index is 447. The minimum Gasteiger partial charge on any atom is -0.337 e. The predicted molar refractivity (Wildman–Crippen MR) is 62.0 cm³/mol. The second-order valence-electron chi connectivity index (χ2n) is 4.14. The van der Waals surface area contributed by atoms with E-state index in [0.717, 1.165) is 0 Å².